The van der Waals surface area contributed by atoms with Crippen LogP contribution < -0.4 is 0 Å². The van der Waals surface area contributed by atoms with Crippen molar-refractivity contribution in [3.05, 3.63) is 38.9 Å². The van der Waals surface area contributed by atoms with Gasteiger partial charge in [-0.1, -0.05) is 0 Å². The van der Waals surface area contributed by atoms with Gasteiger partial charge in [-0.15, -0.1) is 0 Å². The van der Waals surface area contributed by atoms with Crippen molar-refractivity contribution in [3.63, 3.8) is 0 Å². The number of non-ortho nitro benzene ring substituents is 1. The summed E-state index contributed by atoms with van der Waals surface area (Å²) in [5.41, 5.74) is 3.35. The predicted octanol–water partition coefficient (Wildman–Crippen LogP) is 2.04. The Hall–Kier alpha value is -1.46. The molecule has 0 atom stereocenters. The van der Waals surface area contributed by atoms with Gasteiger partial charge in [0.2, 0.25) is 0 Å². The SMILES string of the molecule is Cc1cc([N+](=O)[O-])cc(CN2CCOCC2)c1C. The number of hydrogen-bond acceptors (Lipinski definition) is 4. The molecule has 0 spiro atoms. The molecule has 1 heterocycles. The van der Waals surface area contributed by atoms with Crippen LogP contribution in [0.5, 0.6) is 0 Å². The van der Waals surface area contributed by atoms with E-state index < -0.39 is 0 Å². The number of nitrogens with zero attached hydrogens (tertiary/aromatic N) is 2. The zero-order chi connectivity index (χ0) is 13.1. The van der Waals surface area contributed by atoms with Crippen LogP contribution in [-0.2, 0) is 11.3 Å². The summed E-state index contributed by atoms with van der Waals surface area (Å²) in [6.07, 6.45) is 0. The highest BCUT2D eigenvalue weighted by Crippen LogP contribution is 2.23. The molecule has 1 aliphatic heterocycles. The van der Waals surface area contributed by atoms with Crippen molar-refractivity contribution in [1.29, 1.82) is 0 Å². The molecule has 1 aliphatic rings. The Balaban J connectivity index is 2.22. The quantitative estimate of drug-likeness (QED) is 0.608. The maximum atomic E-state index is 10.9. The fraction of sp³-hybridized carbons (Fsp3) is 0.538. The van der Waals surface area contributed by atoms with Gasteiger partial charge in [-0.05, 0) is 30.5 Å². The van der Waals surface area contributed by atoms with Crippen molar-refractivity contribution in [1.82, 2.24) is 4.90 Å². The van der Waals surface area contributed by atoms with Crippen LogP contribution in [0.2, 0.25) is 0 Å². The molecule has 1 aromatic rings. The fourth-order valence-electron chi connectivity index (χ4n) is 2.18. The minimum absolute atomic E-state index is 0.182. The Morgan fingerprint density at radius 2 is 2.00 bits per heavy atom. The number of ether oxygens (including phenoxy) is 1. The highest BCUT2D eigenvalue weighted by Gasteiger charge is 2.16. The third-order valence-electron chi connectivity index (χ3n) is 3.47. The summed E-state index contributed by atoms with van der Waals surface area (Å²) < 4.78 is 5.30. The van der Waals surface area contributed by atoms with E-state index in [4.69, 9.17) is 4.74 Å². The van der Waals surface area contributed by atoms with Gasteiger partial charge >= 0.3 is 0 Å². The molecule has 5 heteroatoms. The van der Waals surface area contributed by atoms with Crippen molar-refractivity contribution < 1.29 is 9.66 Å². The summed E-state index contributed by atoms with van der Waals surface area (Å²) in [4.78, 5) is 12.8. The summed E-state index contributed by atoms with van der Waals surface area (Å²) in [6.45, 7) is 7.97. The highest BCUT2D eigenvalue weighted by molar-refractivity contribution is 5.44. The van der Waals surface area contributed by atoms with Crippen LogP contribution in [-0.4, -0.2) is 36.1 Å². The molecule has 0 amide bonds. The van der Waals surface area contributed by atoms with Gasteiger partial charge < -0.3 is 4.74 Å². The first-order valence-electron chi connectivity index (χ1n) is 6.12. The largest absolute Gasteiger partial charge is 0.379 e. The van der Waals surface area contributed by atoms with Crippen molar-refractivity contribution in [2.75, 3.05) is 26.3 Å². The van der Waals surface area contributed by atoms with Crippen LogP contribution >= 0.6 is 0 Å². The molecule has 98 valence electrons. The van der Waals surface area contributed by atoms with E-state index in [1.807, 2.05) is 13.8 Å². The summed E-state index contributed by atoms with van der Waals surface area (Å²) in [7, 11) is 0. The third kappa shape index (κ3) is 2.86. The van der Waals surface area contributed by atoms with Gasteiger partial charge in [-0.25, -0.2) is 0 Å². The van der Waals surface area contributed by atoms with E-state index >= 15 is 0 Å². The average molecular weight is 250 g/mol. The van der Waals surface area contributed by atoms with Crippen LogP contribution in [0.15, 0.2) is 12.1 Å². The van der Waals surface area contributed by atoms with Crippen molar-refractivity contribution in [3.8, 4) is 0 Å². The molecule has 0 aliphatic carbocycles. The van der Waals surface area contributed by atoms with E-state index in [0.29, 0.717) is 0 Å². The number of hydrogen-bond donors (Lipinski definition) is 0. The molecule has 0 aromatic heterocycles. The van der Waals surface area contributed by atoms with Crippen LogP contribution in [0.25, 0.3) is 0 Å². The van der Waals surface area contributed by atoms with E-state index in [1.54, 1.807) is 12.1 Å². The Bertz CT molecular complexity index is 454. The number of benzene rings is 1. The number of morpholine rings is 1. The monoisotopic (exact) mass is 250 g/mol. The molecular formula is C13H18N2O3. The molecule has 18 heavy (non-hydrogen) atoms. The summed E-state index contributed by atoms with van der Waals surface area (Å²) in [5.74, 6) is 0. The van der Waals surface area contributed by atoms with Gasteiger partial charge in [0.25, 0.3) is 5.69 Å². The second kappa shape index (κ2) is 5.46. The van der Waals surface area contributed by atoms with Gasteiger partial charge in [0.05, 0.1) is 18.1 Å². The third-order valence-corrected chi connectivity index (χ3v) is 3.47. The highest BCUT2D eigenvalue weighted by atomic mass is 16.6. The van der Waals surface area contributed by atoms with E-state index in [2.05, 4.69) is 4.90 Å². The summed E-state index contributed by atoms with van der Waals surface area (Å²) >= 11 is 0. The number of rotatable bonds is 3. The van der Waals surface area contributed by atoms with Gasteiger partial charge in [0.15, 0.2) is 0 Å². The van der Waals surface area contributed by atoms with Gasteiger partial charge in [-0.2, -0.15) is 0 Å². The Morgan fingerprint density at radius 3 is 2.61 bits per heavy atom. The van der Waals surface area contributed by atoms with Crippen LogP contribution in [0.1, 0.15) is 16.7 Å². The summed E-state index contributed by atoms with van der Waals surface area (Å²) in [5, 5.41) is 10.9. The molecule has 0 saturated carbocycles. The smallest absolute Gasteiger partial charge is 0.270 e. The molecular weight excluding hydrogens is 232 g/mol. The zero-order valence-electron chi connectivity index (χ0n) is 10.8. The molecule has 5 nitrogen and oxygen atoms in total. The minimum Gasteiger partial charge on any atom is -0.379 e. The Labute approximate surface area is 107 Å². The second-order valence-electron chi connectivity index (χ2n) is 4.69. The van der Waals surface area contributed by atoms with Crippen molar-refractivity contribution >= 4 is 5.69 Å². The number of nitro benzene ring substituents is 1. The lowest BCUT2D eigenvalue weighted by Gasteiger charge is -2.27. The molecule has 2 rings (SSSR count). The number of aryl methyl sites for hydroxylation is 1. The molecule has 0 unspecified atom stereocenters. The zero-order valence-corrected chi connectivity index (χ0v) is 10.8. The van der Waals surface area contributed by atoms with Crippen molar-refractivity contribution in [2.45, 2.75) is 20.4 Å². The van der Waals surface area contributed by atoms with Crippen LogP contribution in [0.3, 0.4) is 0 Å². The first-order chi connectivity index (χ1) is 8.58. The maximum Gasteiger partial charge on any atom is 0.270 e. The maximum absolute atomic E-state index is 10.9. The molecule has 1 fully saturated rings. The lowest BCUT2D eigenvalue weighted by molar-refractivity contribution is -0.385. The Morgan fingerprint density at radius 1 is 1.33 bits per heavy atom. The second-order valence-corrected chi connectivity index (χ2v) is 4.69. The average Bonchev–Trinajstić information content (AvgIpc) is 2.35. The van der Waals surface area contributed by atoms with E-state index in [1.165, 1.54) is 0 Å². The lowest BCUT2D eigenvalue weighted by atomic mass is 10.0. The van der Waals surface area contributed by atoms with E-state index in [-0.39, 0.29) is 10.6 Å². The van der Waals surface area contributed by atoms with Gasteiger partial charge in [0, 0.05) is 31.8 Å². The molecule has 1 aromatic carbocycles. The summed E-state index contributed by atoms with van der Waals surface area (Å²) in [6, 6.07) is 3.33. The molecule has 0 N–H and O–H groups in total. The van der Waals surface area contributed by atoms with Gasteiger partial charge in [-0.3, -0.25) is 15.0 Å². The van der Waals surface area contributed by atoms with Crippen LogP contribution in [0.4, 0.5) is 5.69 Å². The first kappa shape index (κ1) is 13.0. The van der Waals surface area contributed by atoms with E-state index in [0.717, 1.165) is 49.5 Å². The minimum atomic E-state index is -0.324. The standard InChI is InChI=1S/C13H18N2O3/c1-10-7-13(15(16)17)8-12(11(10)2)9-14-3-5-18-6-4-14/h7-8H,3-6,9H2,1-2H3. The molecule has 1 saturated heterocycles. The van der Waals surface area contributed by atoms with Crippen molar-refractivity contribution in [2.24, 2.45) is 0 Å². The van der Waals surface area contributed by atoms with Gasteiger partial charge in [0.1, 0.15) is 0 Å². The lowest BCUT2D eigenvalue weighted by Crippen LogP contribution is -2.35. The normalized spacial score (nSPS) is 16.8. The molecule has 0 bridgehead atoms. The number of nitro groups is 1. The van der Waals surface area contributed by atoms with E-state index in [9.17, 15) is 10.1 Å². The fourth-order valence-corrected chi connectivity index (χ4v) is 2.18. The Kier molecular flexibility index (Phi) is 3.93. The predicted molar refractivity (Wildman–Crippen MR) is 68.7 cm³/mol. The first-order valence-corrected chi connectivity index (χ1v) is 6.12. The molecule has 0 radical (unpaired) electrons. The topological polar surface area (TPSA) is 55.6 Å². The van der Waals surface area contributed by atoms with Crippen LogP contribution in [0, 0.1) is 24.0 Å².